The molecule has 6 heteroatoms. The maximum Gasteiger partial charge on any atom is 0.191 e. The lowest BCUT2D eigenvalue weighted by Gasteiger charge is -2.09. The van der Waals surface area contributed by atoms with Crippen molar-refractivity contribution < 1.29 is 4.74 Å². The van der Waals surface area contributed by atoms with Gasteiger partial charge in [0.25, 0.3) is 0 Å². The van der Waals surface area contributed by atoms with E-state index < -0.39 is 0 Å². The number of thiazole rings is 1. The molecule has 0 unspecified atom stereocenters. The minimum Gasteiger partial charge on any atom is -0.496 e. The Balaban J connectivity index is 2.57. The molecule has 24 heavy (non-hydrogen) atoms. The Morgan fingerprint density at radius 1 is 1.33 bits per heavy atom. The van der Waals surface area contributed by atoms with Gasteiger partial charge in [-0.3, -0.25) is 4.99 Å². The summed E-state index contributed by atoms with van der Waals surface area (Å²) in [6.07, 6.45) is 2.28. The van der Waals surface area contributed by atoms with Crippen molar-refractivity contribution in [2.45, 2.75) is 40.2 Å². The van der Waals surface area contributed by atoms with Crippen LogP contribution in [-0.2, 0) is 6.54 Å². The smallest absolute Gasteiger partial charge is 0.191 e. The molecule has 0 spiro atoms. The third-order valence-electron chi connectivity index (χ3n) is 3.94. The zero-order valence-electron chi connectivity index (χ0n) is 14.9. The Hall–Kier alpha value is -1.59. The van der Waals surface area contributed by atoms with Crippen molar-refractivity contribution in [3.05, 3.63) is 44.2 Å². The van der Waals surface area contributed by atoms with Crippen molar-refractivity contribution in [1.82, 2.24) is 4.57 Å². The van der Waals surface area contributed by atoms with E-state index in [4.69, 9.17) is 21.3 Å². The van der Waals surface area contributed by atoms with Gasteiger partial charge >= 0.3 is 0 Å². The molecule has 0 aliphatic carbocycles. The van der Waals surface area contributed by atoms with Crippen molar-refractivity contribution >= 4 is 28.8 Å². The number of ether oxygens (including phenoxy) is 1. The van der Waals surface area contributed by atoms with Crippen molar-refractivity contribution in [2.75, 3.05) is 14.2 Å². The average molecular weight is 366 g/mol. The number of halogens is 1. The van der Waals surface area contributed by atoms with Crippen LogP contribution in [0.5, 0.6) is 5.75 Å². The third-order valence-corrected chi connectivity index (χ3v) is 5.27. The molecule has 2 aromatic rings. The van der Waals surface area contributed by atoms with Gasteiger partial charge in [-0.25, -0.2) is 4.99 Å². The number of benzene rings is 1. The predicted octanol–water partition coefficient (Wildman–Crippen LogP) is 4.61. The molecule has 0 aliphatic rings. The van der Waals surface area contributed by atoms with Gasteiger partial charge in [0.05, 0.1) is 12.7 Å². The molecule has 4 nitrogen and oxygen atoms in total. The summed E-state index contributed by atoms with van der Waals surface area (Å²) < 4.78 is 7.71. The molecule has 0 saturated heterocycles. The number of aliphatic imine (C=N–C) groups is 1. The van der Waals surface area contributed by atoms with Gasteiger partial charge < -0.3 is 9.30 Å². The van der Waals surface area contributed by atoms with Gasteiger partial charge in [0.1, 0.15) is 5.75 Å². The molecule has 0 fully saturated rings. The Bertz CT molecular complexity index is 805. The van der Waals surface area contributed by atoms with Crippen LogP contribution in [-0.4, -0.2) is 24.6 Å². The van der Waals surface area contributed by atoms with Gasteiger partial charge in [-0.05, 0) is 38.5 Å². The number of aryl methyl sites for hydroxylation is 1. The van der Waals surface area contributed by atoms with Crippen molar-refractivity contribution in [1.29, 1.82) is 0 Å². The number of nitrogens with zero attached hydrogens (tertiary/aromatic N) is 3. The normalized spacial score (nSPS) is 12.8. The largest absolute Gasteiger partial charge is 0.496 e. The Morgan fingerprint density at radius 2 is 2.08 bits per heavy atom. The molecule has 1 aromatic carbocycles. The summed E-state index contributed by atoms with van der Waals surface area (Å²) in [5, 5.41) is 0.638. The fraction of sp³-hybridized carbons (Fsp3) is 0.444. The average Bonchev–Trinajstić information content (AvgIpc) is 2.84. The zero-order valence-corrected chi connectivity index (χ0v) is 16.5. The van der Waals surface area contributed by atoms with E-state index in [0.29, 0.717) is 16.6 Å². The molecule has 0 aliphatic heterocycles. The molecule has 1 aromatic heterocycles. The van der Waals surface area contributed by atoms with E-state index in [1.807, 2.05) is 12.1 Å². The van der Waals surface area contributed by atoms with Crippen LogP contribution >= 0.6 is 22.9 Å². The lowest BCUT2D eigenvalue weighted by Crippen LogP contribution is -2.19. The SMILES string of the molecule is CCCCn1c(C)c(C)s/c1=N\C(=NC)c1cc(Cl)ccc1OC. The molecule has 2 rings (SSSR count). The number of hydrogen-bond acceptors (Lipinski definition) is 3. The summed E-state index contributed by atoms with van der Waals surface area (Å²) in [6, 6.07) is 5.49. The van der Waals surface area contributed by atoms with Crippen LogP contribution in [0.25, 0.3) is 0 Å². The molecule has 0 atom stereocenters. The lowest BCUT2D eigenvalue weighted by atomic mass is 10.2. The Morgan fingerprint density at radius 3 is 2.71 bits per heavy atom. The summed E-state index contributed by atoms with van der Waals surface area (Å²) in [5.74, 6) is 1.34. The lowest BCUT2D eigenvalue weighted by molar-refractivity contribution is 0.414. The minimum absolute atomic E-state index is 0.626. The van der Waals surface area contributed by atoms with Gasteiger partial charge in [-0.15, -0.1) is 11.3 Å². The van der Waals surface area contributed by atoms with Gasteiger partial charge in [0.15, 0.2) is 10.6 Å². The molecule has 0 amide bonds. The maximum atomic E-state index is 6.15. The van der Waals surface area contributed by atoms with Gasteiger partial charge in [0.2, 0.25) is 0 Å². The summed E-state index contributed by atoms with van der Waals surface area (Å²) in [6.45, 7) is 7.43. The Kier molecular flexibility index (Phi) is 6.63. The minimum atomic E-state index is 0.626. The first-order chi connectivity index (χ1) is 11.5. The second-order valence-corrected chi connectivity index (χ2v) is 7.15. The van der Waals surface area contributed by atoms with E-state index in [1.54, 1.807) is 31.6 Å². The van der Waals surface area contributed by atoms with E-state index in [-0.39, 0.29) is 0 Å². The molecule has 0 radical (unpaired) electrons. The Labute approximate surface area is 152 Å². The third kappa shape index (κ3) is 4.08. The number of amidine groups is 1. The summed E-state index contributed by atoms with van der Waals surface area (Å²) in [5.41, 5.74) is 2.07. The molecule has 0 N–H and O–H groups in total. The van der Waals surface area contributed by atoms with Crippen LogP contribution in [0, 0.1) is 13.8 Å². The molecule has 0 bridgehead atoms. The second-order valence-electron chi connectivity index (χ2n) is 5.54. The summed E-state index contributed by atoms with van der Waals surface area (Å²) >= 11 is 7.84. The van der Waals surface area contributed by atoms with Crippen LogP contribution in [0.1, 0.15) is 35.9 Å². The molecule has 0 saturated carbocycles. The molecular formula is C18H24ClN3OS. The highest BCUT2D eigenvalue weighted by atomic mass is 35.5. The van der Waals surface area contributed by atoms with Crippen LogP contribution in [0.4, 0.5) is 0 Å². The molecule has 1 heterocycles. The number of methoxy groups -OCH3 is 1. The van der Waals surface area contributed by atoms with E-state index in [9.17, 15) is 0 Å². The van der Waals surface area contributed by atoms with E-state index in [1.165, 1.54) is 10.6 Å². The molecular weight excluding hydrogens is 342 g/mol. The highest BCUT2D eigenvalue weighted by molar-refractivity contribution is 7.09. The predicted molar refractivity (Wildman–Crippen MR) is 103 cm³/mol. The van der Waals surface area contributed by atoms with Gasteiger partial charge in [-0.1, -0.05) is 24.9 Å². The number of hydrogen-bond donors (Lipinski definition) is 0. The maximum absolute atomic E-state index is 6.15. The fourth-order valence-electron chi connectivity index (χ4n) is 2.44. The molecule has 130 valence electrons. The van der Waals surface area contributed by atoms with Gasteiger partial charge in [0, 0.05) is 29.2 Å². The summed E-state index contributed by atoms with van der Waals surface area (Å²) in [4.78, 5) is 11.4. The zero-order chi connectivity index (χ0) is 17.7. The van der Waals surface area contributed by atoms with Gasteiger partial charge in [-0.2, -0.15) is 0 Å². The highest BCUT2D eigenvalue weighted by Crippen LogP contribution is 2.24. The van der Waals surface area contributed by atoms with E-state index in [2.05, 4.69) is 30.3 Å². The number of aromatic nitrogens is 1. The van der Waals surface area contributed by atoms with Crippen LogP contribution in [0.2, 0.25) is 5.02 Å². The summed E-state index contributed by atoms with van der Waals surface area (Å²) in [7, 11) is 3.38. The van der Waals surface area contributed by atoms with Crippen LogP contribution in [0.15, 0.2) is 28.2 Å². The quantitative estimate of drug-likeness (QED) is 0.563. The first kappa shape index (κ1) is 18.7. The first-order valence-corrected chi connectivity index (χ1v) is 9.23. The number of rotatable bonds is 5. The van der Waals surface area contributed by atoms with E-state index >= 15 is 0 Å². The monoisotopic (exact) mass is 365 g/mol. The van der Waals surface area contributed by atoms with Crippen LogP contribution in [0.3, 0.4) is 0 Å². The standard InChI is InChI=1S/C18H24ClN3OS/c1-6-7-10-22-12(2)13(3)24-18(22)21-17(20-4)15-11-14(19)8-9-16(15)23-5/h8-9,11H,6-7,10H2,1-5H3/b20-17?,21-18-. The topological polar surface area (TPSA) is 38.9 Å². The van der Waals surface area contributed by atoms with Crippen molar-refractivity contribution in [3.8, 4) is 5.75 Å². The van der Waals surface area contributed by atoms with Crippen molar-refractivity contribution in [2.24, 2.45) is 9.98 Å². The van der Waals surface area contributed by atoms with Crippen molar-refractivity contribution in [3.63, 3.8) is 0 Å². The van der Waals surface area contributed by atoms with E-state index in [0.717, 1.165) is 29.8 Å². The van der Waals surface area contributed by atoms with Crippen LogP contribution < -0.4 is 9.54 Å². The first-order valence-electron chi connectivity index (χ1n) is 8.04. The fourth-order valence-corrected chi connectivity index (χ4v) is 3.61. The highest BCUT2D eigenvalue weighted by Gasteiger charge is 2.12. The number of unbranched alkanes of at least 4 members (excludes halogenated alkanes) is 1. The second kappa shape index (κ2) is 8.49.